The van der Waals surface area contributed by atoms with Crippen molar-refractivity contribution in [3.05, 3.63) is 52.4 Å². The summed E-state index contributed by atoms with van der Waals surface area (Å²) in [4.78, 5) is 4.64. The minimum absolute atomic E-state index is 0.159. The van der Waals surface area contributed by atoms with E-state index in [9.17, 15) is 4.39 Å². The molecule has 2 heterocycles. The Balaban J connectivity index is 2.19. The first-order chi connectivity index (χ1) is 12.0. The maximum atomic E-state index is 14.4. The predicted octanol–water partition coefficient (Wildman–Crippen LogP) is 4.36. The van der Waals surface area contributed by atoms with E-state index in [4.69, 9.17) is 16.3 Å². The highest BCUT2D eigenvalue weighted by atomic mass is 35.5. The number of rotatable bonds is 2. The van der Waals surface area contributed by atoms with Gasteiger partial charge in [-0.1, -0.05) is 17.7 Å². The number of hydrogen-bond donors (Lipinski definition) is 0. The first kappa shape index (κ1) is 15.8. The van der Waals surface area contributed by atoms with Gasteiger partial charge < -0.3 is 4.74 Å². The van der Waals surface area contributed by atoms with Gasteiger partial charge in [0.05, 0.1) is 18.3 Å². The molecule has 0 aliphatic heterocycles. The summed E-state index contributed by atoms with van der Waals surface area (Å²) in [6.45, 7) is 3.82. The van der Waals surface area contributed by atoms with Crippen molar-refractivity contribution in [3.8, 4) is 17.1 Å². The third kappa shape index (κ3) is 2.41. The van der Waals surface area contributed by atoms with E-state index in [1.165, 1.54) is 13.2 Å². The molecule has 7 heteroatoms. The van der Waals surface area contributed by atoms with E-state index in [1.54, 1.807) is 10.5 Å². The first-order valence-electron chi connectivity index (χ1n) is 7.65. The average molecular weight is 357 g/mol. The molecule has 5 nitrogen and oxygen atoms in total. The Kier molecular flexibility index (Phi) is 3.58. The van der Waals surface area contributed by atoms with Crippen LogP contribution in [-0.4, -0.2) is 26.7 Å². The quantitative estimate of drug-likeness (QED) is 0.535. The van der Waals surface area contributed by atoms with E-state index in [1.807, 2.05) is 32.0 Å². The van der Waals surface area contributed by atoms with Crippen LogP contribution in [0.25, 0.3) is 28.1 Å². The highest BCUT2D eigenvalue weighted by Gasteiger charge is 2.18. The number of methoxy groups -OCH3 is 1. The lowest BCUT2D eigenvalue weighted by Crippen LogP contribution is -2.00. The Hall–Kier alpha value is -2.73. The van der Waals surface area contributed by atoms with E-state index >= 15 is 0 Å². The van der Waals surface area contributed by atoms with E-state index in [0.717, 1.165) is 11.1 Å². The number of hydrogen-bond acceptors (Lipinski definition) is 4. The molecule has 0 N–H and O–H groups in total. The number of ether oxygens (including phenoxy) is 1. The number of fused-ring (bicyclic) bond motifs is 3. The van der Waals surface area contributed by atoms with E-state index < -0.39 is 5.82 Å². The number of imidazole rings is 1. The minimum atomic E-state index is -0.496. The SMILES string of the molecule is COc1cc(F)c2nnc3c(C)nc(-c4cc(Cl)ccc4C)n3c2c1. The molecular formula is C18H14ClFN4O. The lowest BCUT2D eigenvalue weighted by molar-refractivity contribution is 0.412. The summed E-state index contributed by atoms with van der Waals surface area (Å²) in [5, 5.41) is 8.79. The zero-order valence-electron chi connectivity index (χ0n) is 13.8. The summed E-state index contributed by atoms with van der Waals surface area (Å²) >= 11 is 6.17. The monoisotopic (exact) mass is 356 g/mol. The number of benzene rings is 2. The Morgan fingerprint density at radius 2 is 1.92 bits per heavy atom. The normalized spacial score (nSPS) is 11.4. The van der Waals surface area contributed by atoms with Gasteiger partial charge in [0.1, 0.15) is 17.1 Å². The molecule has 0 radical (unpaired) electrons. The van der Waals surface area contributed by atoms with Crippen LogP contribution in [0.5, 0.6) is 5.75 Å². The van der Waals surface area contributed by atoms with Crippen molar-refractivity contribution in [2.75, 3.05) is 7.11 Å². The Bertz CT molecular complexity index is 1140. The maximum absolute atomic E-state index is 14.4. The zero-order valence-corrected chi connectivity index (χ0v) is 14.6. The van der Waals surface area contributed by atoms with Crippen molar-refractivity contribution in [2.24, 2.45) is 0 Å². The molecule has 4 rings (SSSR count). The highest BCUT2D eigenvalue weighted by molar-refractivity contribution is 6.30. The van der Waals surface area contributed by atoms with Crippen LogP contribution >= 0.6 is 11.6 Å². The molecule has 25 heavy (non-hydrogen) atoms. The number of aryl methyl sites for hydroxylation is 2. The predicted molar refractivity (Wildman–Crippen MR) is 94.7 cm³/mol. The second-order valence-corrected chi connectivity index (χ2v) is 6.25. The summed E-state index contributed by atoms with van der Waals surface area (Å²) in [6, 6.07) is 8.60. The third-order valence-electron chi connectivity index (χ3n) is 4.20. The van der Waals surface area contributed by atoms with Gasteiger partial charge in [0.2, 0.25) is 0 Å². The molecule has 0 saturated heterocycles. The van der Waals surface area contributed by atoms with Crippen molar-refractivity contribution in [3.63, 3.8) is 0 Å². The lowest BCUT2D eigenvalue weighted by atomic mass is 10.1. The van der Waals surface area contributed by atoms with E-state index in [-0.39, 0.29) is 5.52 Å². The molecular weight excluding hydrogens is 343 g/mol. The number of halogens is 2. The molecule has 0 saturated carbocycles. The molecule has 0 fully saturated rings. The Morgan fingerprint density at radius 3 is 2.68 bits per heavy atom. The molecule has 126 valence electrons. The lowest BCUT2D eigenvalue weighted by Gasteiger charge is -2.09. The van der Waals surface area contributed by atoms with Gasteiger partial charge in [-0.05, 0) is 31.5 Å². The largest absolute Gasteiger partial charge is 0.497 e. The molecule has 0 aliphatic carbocycles. The fraction of sp³-hybridized carbons (Fsp3) is 0.167. The van der Waals surface area contributed by atoms with Crippen molar-refractivity contribution < 1.29 is 9.13 Å². The summed E-state index contributed by atoms with van der Waals surface area (Å²) in [7, 11) is 1.49. The molecule has 2 aromatic heterocycles. The summed E-state index contributed by atoms with van der Waals surface area (Å²) in [5.41, 5.74) is 3.82. The second-order valence-electron chi connectivity index (χ2n) is 5.82. The van der Waals surface area contributed by atoms with Gasteiger partial charge in [0.15, 0.2) is 11.5 Å². The second kappa shape index (κ2) is 5.67. The Labute approximate surface area is 148 Å². The van der Waals surface area contributed by atoms with Gasteiger partial charge in [-0.25, -0.2) is 9.37 Å². The first-order valence-corrected chi connectivity index (χ1v) is 8.03. The van der Waals surface area contributed by atoms with Crippen LogP contribution in [0.3, 0.4) is 0 Å². The Morgan fingerprint density at radius 1 is 1.12 bits per heavy atom. The molecule has 0 aliphatic rings. The average Bonchev–Trinajstić information content (AvgIpc) is 2.94. The fourth-order valence-corrected chi connectivity index (χ4v) is 3.10. The summed E-state index contributed by atoms with van der Waals surface area (Å²) in [5.74, 6) is 0.545. The van der Waals surface area contributed by atoms with E-state index in [2.05, 4.69) is 15.2 Å². The smallest absolute Gasteiger partial charge is 0.183 e. The molecule has 2 aromatic carbocycles. The third-order valence-corrected chi connectivity index (χ3v) is 4.43. The number of aromatic nitrogens is 4. The summed E-state index contributed by atoms with van der Waals surface area (Å²) in [6.07, 6.45) is 0. The maximum Gasteiger partial charge on any atom is 0.183 e. The van der Waals surface area contributed by atoms with Crippen molar-refractivity contribution in [1.82, 2.24) is 19.6 Å². The standard InChI is InChI=1S/C18H14ClFN4O/c1-9-4-5-11(19)6-13(9)18-21-10(2)17-23-22-16-14(20)7-12(25-3)8-15(16)24(17)18/h4-8H,1-3H3. The highest BCUT2D eigenvalue weighted by Crippen LogP contribution is 2.31. The van der Waals surface area contributed by atoms with Crippen molar-refractivity contribution in [1.29, 1.82) is 0 Å². The van der Waals surface area contributed by atoms with Crippen LogP contribution in [-0.2, 0) is 0 Å². The molecule has 4 aromatic rings. The molecule has 0 spiro atoms. The van der Waals surface area contributed by atoms with Crippen molar-refractivity contribution >= 4 is 28.3 Å². The van der Waals surface area contributed by atoms with Crippen LogP contribution in [0.4, 0.5) is 4.39 Å². The molecule has 0 unspecified atom stereocenters. The number of nitrogens with zero attached hydrogens (tertiary/aromatic N) is 4. The van der Waals surface area contributed by atoms with E-state index in [0.29, 0.717) is 33.5 Å². The van der Waals surface area contributed by atoms with Gasteiger partial charge in [-0.15, -0.1) is 10.2 Å². The topological polar surface area (TPSA) is 52.3 Å². The molecule has 0 amide bonds. The van der Waals surface area contributed by atoms with Gasteiger partial charge in [0.25, 0.3) is 0 Å². The van der Waals surface area contributed by atoms with Gasteiger partial charge in [-0.3, -0.25) is 4.40 Å². The summed E-state index contributed by atoms with van der Waals surface area (Å²) < 4.78 is 21.4. The molecule has 0 atom stereocenters. The van der Waals surface area contributed by atoms with Crippen LogP contribution < -0.4 is 4.74 Å². The van der Waals surface area contributed by atoms with Crippen LogP contribution in [0, 0.1) is 19.7 Å². The molecule has 0 bridgehead atoms. The van der Waals surface area contributed by atoms with Gasteiger partial charge in [-0.2, -0.15) is 0 Å². The van der Waals surface area contributed by atoms with Gasteiger partial charge >= 0.3 is 0 Å². The van der Waals surface area contributed by atoms with Crippen LogP contribution in [0.15, 0.2) is 30.3 Å². The fourth-order valence-electron chi connectivity index (χ4n) is 2.93. The zero-order chi connectivity index (χ0) is 17.7. The van der Waals surface area contributed by atoms with Gasteiger partial charge in [0, 0.05) is 22.7 Å². The minimum Gasteiger partial charge on any atom is -0.497 e. The van der Waals surface area contributed by atoms with Crippen molar-refractivity contribution in [2.45, 2.75) is 13.8 Å². The van der Waals surface area contributed by atoms with Crippen LogP contribution in [0.2, 0.25) is 5.02 Å². The van der Waals surface area contributed by atoms with Crippen LogP contribution in [0.1, 0.15) is 11.3 Å².